The molecule has 0 amide bonds. The lowest BCUT2D eigenvalue weighted by Gasteiger charge is -2.19. The third-order valence-electron chi connectivity index (χ3n) is 4.22. The minimum atomic E-state index is -0.329. The summed E-state index contributed by atoms with van der Waals surface area (Å²) in [4.78, 5) is 25.1. The van der Waals surface area contributed by atoms with E-state index >= 15 is 0 Å². The van der Waals surface area contributed by atoms with Gasteiger partial charge in [-0.25, -0.2) is 0 Å². The third kappa shape index (κ3) is 2.76. The summed E-state index contributed by atoms with van der Waals surface area (Å²) < 4.78 is 0. The summed E-state index contributed by atoms with van der Waals surface area (Å²) in [5.41, 5.74) is 3.98. The third-order valence-corrected chi connectivity index (χ3v) is 4.58. The van der Waals surface area contributed by atoms with Crippen LogP contribution in [0.1, 0.15) is 51.6 Å². The van der Waals surface area contributed by atoms with Gasteiger partial charge in [-0.2, -0.15) is 0 Å². The molecule has 4 heteroatoms. The fourth-order valence-electron chi connectivity index (χ4n) is 3.00. The Morgan fingerprint density at radius 2 is 1.58 bits per heavy atom. The van der Waals surface area contributed by atoms with Crippen molar-refractivity contribution in [3.05, 3.63) is 75.4 Å². The number of anilines is 1. The number of carbonyl (C=O) groups excluding carboxylic acids is 2. The largest absolute Gasteiger partial charge is 0.351 e. The fraction of sp³-hybridized carbons (Fsp3) is 0.200. The normalized spacial score (nSPS) is 14.2. The number of aryl methyl sites for hydroxylation is 1. The second-order valence-corrected chi connectivity index (χ2v) is 6.62. The van der Waals surface area contributed by atoms with Gasteiger partial charge in [0.1, 0.15) is 10.7 Å². The Kier molecular flexibility index (Phi) is 4.29. The van der Waals surface area contributed by atoms with Crippen molar-refractivity contribution in [3.63, 3.8) is 0 Å². The van der Waals surface area contributed by atoms with Gasteiger partial charge in [0.15, 0.2) is 0 Å². The summed E-state index contributed by atoms with van der Waals surface area (Å²) in [6.07, 6.45) is 0. The average Bonchev–Trinajstić information content (AvgIpc) is 2.56. The van der Waals surface area contributed by atoms with Crippen LogP contribution >= 0.6 is 11.6 Å². The first-order chi connectivity index (χ1) is 11.4. The van der Waals surface area contributed by atoms with Crippen molar-refractivity contribution in [3.8, 4) is 0 Å². The van der Waals surface area contributed by atoms with Gasteiger partial charge in [0, 0.05) is 16.8 Å². The zero-order chi connectivity index (χ0) is 17.4. The molecule has 0 bridgehead atoms. The monoisotopic (exact) mass is 339 g/mol. The molecule has 0 spiro atoms. The molecule has 2 aromatic carbocycles. The first-order valence-corrected chi connectivity index (χ1v) is 8.23. The number of allylic oxidation sites excluding steroid dienone is 2. The van der Waals surface area contributed by atoms with Crippen molar-refractivity contribution < 1.29 is 9.59 Å². The van der Waals surface area contributed by atoms with Crippen LogP contribution in [0.25, 0.3) is 0 Å². The summed E-state index contributed by atoms with van der Waals surface area (Å²) in [5, 5.41) is 2.97. The highest BCUT2D eigenvalue weighted by atomic mass is 35.5. The molecule has 24 heavy (non-hydrogen) atoms. The van der Waals surface area contributed by atoms with Crippen LogP contribution in [0.15, 0.2) is 53.2 Å². The van der Waals surface area contributed by atoms with E-state index in [-0.39, 0.29) is 22.3 Å². The maximum absolute atomic E-state index is 12.7. The van der Waals surface area contributed by atoms with E-state index in [2.05, 4.69) is 19.2 Å². The number of hydrogen-bond donors (Lipinski definition) is 1. The van der Waals surface area contributed by atoms with Crippen LogP contribution in [-0.4, -0.2) is 11.6 Å². The molecule has 0 heterocycles. The van der Waals surface area contributed by atoms with Crippen LogP contribution < -0.4 is 5.32 Å². The van der Waals surface area contributed by atoms with Crippen molar-refractivity contribution in [2.24, 2.45) is 0 Å². The van der Waals surface area contributed by atoms with Crippen molar-refractivity contribution in [2.75, 3.05) is 5.32 Å². The number of benzene rings is 2. The molecule has 0 saturated carbocycles. The molecule has 0 atom stereocenters. The van der Waals surface area contributed by atoms with Gasteiger partial charge in [-0.15, -0.1) is 0 Å². The molecule has 0 unspecified atom stereocenters. The lowest BCUT2D eigenvalue weighted by Crippen LogP contribution is -2.24. The smallest absolute Gasteiger partial charge is 0.211 e. The molecule has 0 radical (unpaired) electrons. The van der Waals surface area contributed by atoms with E-state index < -0.39 is 0 Å². The molecule has 0 aromatic heterocycles. The molecule has 1 aliphatic rings. The molecule has 3 nitrogen and oxygen atoms in total. The number of halogens is 1. The standard InChI is InChI=1S/C20H18ClNO2/c1-11(2)14-9-8-13(10-12(14)3)22-18-17(21)19(23)15-6-4-5-7-16(15)20(18)24/h4-11,22H,1-3H3. The molecular weight excluding hydrogens is 322 g/mol. The highest BCUT2D eigenvalue weighted by Gasteiger charge is 2.31. The Balaban J connectivity index is 1.98. The van der Waals surface area contributed by atoms with E-state index in [4.69, 9.17) is 11.6 Å². The topological polar surface area (TPSA) is 46.2 Å². The first-order valence-electron chi connectivity index (χ1n) is 7.86. The van der Waals surface area contributed by atoms with Crippen LogP contribution in [0, 0.1) is 6.92 Å². The van der Waals surface area contributed by atoms with E-state index in [0.717, 1.165) is 11.3 Å². The lowest BCUT2D eigenvalue weighted by atomic mass is 9.92. The first kappa shape index (κ1) is 16.5. The van der Waals surface area contributed by atoms with E-state index in [1.165, 1.54) is 5.56 Å². The number of fused-ring (bicyclic) bond motifs is 1. The van der Waals surface area contributed by atoms with Crippen LogP contribution in [0.4, 0.5) is 5.69 Å². The van der Waals surface area contributed by atoms with Gasteiger partial charge >= 0.3 is 0 Å². The fourth-order valence-corrected chi connectivity index (χ4v) is 3.24. The van der Waals surface area contributed by atoms with E-state index in [0.29, 0.717) is 17.0 Å². The molecule has 2 aromatic rings. The van der Waals surface area contributed by atoms with E-state index in [9.17, 15) is 9.59 Å². The predicted molar refractivity (Wildman–Crippen MR) is 96.9 cm³/mol. The number of carbonyl (C=O) groups is 2. The second-order valence-electron chi connectivity index (χ2n) is 6.24. The van der Waals surface area contributed by atoms with Gasteiger partial charge in [-0.3, -0.25) is 9.59 Å². The van der Waals surface area contributed by atoms with Gasteiger partial charge in [-0.1, -0.05) is 55.8 Å². The minimum absolute atomic E-state index is 0.0655. The molecular formula is C20H18ClNO2. The Morgan fingerprint density at radius 1 is 0.958 bits per heavy atom. The SMILES string of the molecule is Cc1cc(NC2=C(Cl)C(=O)c3ccccc3C2=O)ccc1C(C)C. The Bertz CT molecular complexity index is 881. The maximum Gasteiger partial charge on any atom is 0.211 e. The van der Waals surface area contributed by atoms with E-state index in [1.54, 1.807) is 24.3 Å². The Morgan fingerprint density at radius 3 is 2.17 bits per heavy atom. The van der Waals surface area contributed by atoms with Gasteiger partial charge < -0.3 is 5.32 Å². The molecule has 3 rings (SSSR count). The van der Waals surface area contributed by atoms with Crippen molar-refractivity contribution in [2.45, 2.75) is 26.7 Å². The van der Waals surface area contributed by atoms with Crippen molar-refractivity contribution in [1.82, 2.24) is 0 Å². The zero-order valence-electron chi connectivity index (χ0n) is 13.8. The number of ketones is 2. The summed E-state index contributed by atoms with van der Waals surface area (Å²) in [5.74, 6) is -0.169. The zero-order valence-corrected chi connectivity index (χ0v) is 14.6. The number of rotatable bonds is 3. The number of nitrogens with one attached hydrogen (secondary N) is 1. The van der Waals surface area contributed by atoms with Gasteiger partial charge in [0.25, 0.3) is 0 Å². The molecule has 1 aliphatic carbocycles. The van der Waals surface area contributed by atoms with Crippen LogP contribution in [-0.2, 0) is 0 Å². The molecule has 0 saturated heterocycles. The molecule has 122 valence electrons. The molecule has 0 fully saturated rings. The van der Waals surface area contributed by atoms with Crippen LogP contribution in [0.5, 0.6) is 0 Å². The molecule has 0 aliphatic heterocycles. The number of Topliss-reactive ketones (excluding diaryl/α,β-unsaturated/α-hetero) is 2. The summed E-state index contributed by atoms with van der Waals surface area (Å²) in [6.45, 7) is 6.30. The van der Waals surface area contributed by atoms with Gasteiger partial charge in [0.2, 0.25) is 11.6 Å². The second kappa shape index (κ2) is 6.25. The minimum Gasteiger partial charge on any atom is -0.351 e. The average molecular weight is 340 g/mol. The van der Waals surface area contributed by atoms with Gasteiger partial charge in [0.05, 0.1) is 0 Å². The predicted octanol–water partition coefficient (Wildman–Crippen LogP) is 5.06. The number of hydrogen-bond acceptors (Lipinski definition) is 3. The summed E-state index contributed by atoms with van der Waals surface area (Å²) in [7, 11) is 0. The highest BCUT2D eigenvalue weighted by molar-refractivity contribution is 6.50. The van der Waals surface area contributed by atoms with E-state index in [1.807, 2.05) is 25.1 Å². The maximum atomic E-state index is 12.7. The van der Waals surface area contributed by atoms with Crippen LogP contribution in [0.2, 0.25) is 0 Å². The Labute approximate surface area is 146 Å². The van der Waals surface area contributed by atoms with Crippen LogP contribution in [0.3, 0.4) is 0 Å². The van der Waals surface area contributed by atoms with Gasteiger partial charge in [-0.05, 0) is 36.1 Å². The molecule has 1 N–H and O–H groups in total. The quantitative estimate of drug-likeness (QED) is 0.850. The lowest BCUT2D eigenvalue weighted by molar-refractivity contribution is 0.0982. The Hall–Kier alpha value is -2.39. The summed E-state index contributed by atoms with van der Waals surface area (Å²) in [6, 6.07) is 12.6. The highest BCUT2D eigenvalue weighted by Crippen LogP contribution is 2.30. The van der Waals surface area contributed by atoms with Crippen molar-refractivity contribution in [1.29, 1.82) is 0 Å². The van der Waals surface area contributed by atoms with Crippen molar-refractivity contribution >= 4 is 28.9 Å². The summed E-state index contributed by atoms with van der Waals surface area (Å²) >= 11 is 6.17.